The van der Waals surface area contributed by atoms with E-state index in [1.165, 1.54) is 18.2 Å². The molecule has 0 amide bonds. The number of benzene rings is 1. The van der Waals surface area contributed by atoms with Crippen LogP contribution in [0.15, 0.2) is 23.1 Å². The highest BCUT2D eigenvalue weighted by molar-refractivity contribution is 7.89. The molecule has 9 heteroatoms. The van der Waals surface area contributed by atoms with Crippen LogP contribution in [0.5, 0.6) is 11.5 Å². The SMILES string of the molecule is O=S(=O)(NCC(O)C(F)F)c1ccc2c(c1)OCCCO2. The predicted octanol–water partition coefficient (Wildman–Crippen LogP) is 0.752. The van der Waals surface area contributed by atoms with Gasteiger partial charge in [0.25, 0.3) is 6.43 Å². The molecule has 0 aromatic heterocycles. The Bertz CT molecular complexity index is 593. The highest BCUT2D eigenvalue weighted by Gasteiger charge is 2.22. The average molecular weight is 323 g/mol. The average Bonchev–Trinajstić information content (AvgIpc) is 2.69. The highest BCUT2D eigenvalue weighted by Crippen LogP contribution is 2.31. The van der Waals surface area contributed by atoms with E-state index in [1.54, 1.807) is 0 Å². The van der Waals surface area contributed by atoms with E-state index in [1.807, 2.05) is 4.72 Å². The van der Waals surface area contributed by atoms with Gasteiger partial charge in [0.2, 0.25) is 10.0 Å². The molecule has 118 valence electrons. The molecule has 1 atom stereocenters. The van der Waals surface area contributed by atoms with Gasteiger partial charge in [-0.15, -0.1) is 0 Å². The first-order valence-corrected chi connectivity index (χ1v) is 7.74. The molecule has 0 fully saturated rings. The van der Waals surface area contributed by atoms with Gasteiger partial charge >= 0.3 is 0 Å². The van der Waals surface area contributed by atoms with Crippen molar-refractivity contribution in [3.05, 3.63) is 18.2 Å². The molecule has 0 saturated heterocycles. The quantitative estimate of drug-likeness (QED) is 0.835. The van der Waals surface area contributed by atoms with E-state index in [9.17, 15) is 17.2 Å². The van der Waals surface area contributed by atoms with Crippen LogP contribution in [0.2, 0.25) is 0 Å². The van der Waals surface area contributed by atoms with Crippen LogP contribution in [0.25, 0.3) is 0 Å². The third-order valence-corrected chi connectivity index (χ3v) is 4.22. The van der Waals surface area contributed by atoms with E-state index in [4.69, 9.17) is 14.6 Å². The van der Waals surface area contributed by atoms with Gasteiger partial charge in [-0.25, -0.2) is 21.9 Å². The molecule has 0 aliphatic carbocycles. The maximum Gasteiger partial charge on any atom is 0.265 e. The van der Waals surface area contributed by atoms with E-state index in [0.29, 0.717) is 25.4 Å². The maximum absolute atomic E-state index is 12.2. The number of rotatable bonds is 5. The summed E-state index contributed by atoms with van der Waals surface area (Å²) >= 11 is 0. The fraction of sp³-hybridized carbons (Fsp3) is 0.500. The molecule has 1 aromatic carbocycles. The van der Waals surface area contributed by atoms with Crippen LogP contribution in [-0.4, -0.2) is 45.8 Å². The Morgan fingerprint density at radius 3 is 2.57 bits per heavy atom. The van der Waals surface area contributed by atoms with E-state index < -0.39 is 29.1 Å². The van der Waals surface area contributed by atoms with Gasteiger partial charge in [0.15, 0.2) is 11.5 Å². The molecule has 21 heavy (non-hydrogen) atoms. The molecule has 6 nitrogen and oxygen atoms in total. The first kappa shape index (κ1) is 15.9. The topological polar surface area (TPSA) is 84.9 Å². The number of hydrogen-bond acceptors (Lipinski definition) is 5. The van der Waals surface area contributed by atoms with Crippen molar-refractivity contribution in [1.29, 1.82) is 0 Å². The Morgan fingerprint density at radius 1 is 1.24 bits per heavy atom. The molecule has 0 radical (unpaired) electrons. The Kier molecular flexibility index (Phi) is 4.96. The largest absolute Gasteiger partial charge is 0.490 e. The Labute approximate surface area is 120 Å². The third kappa shape index (κ3) is 4.02. The summed E-state index contributed by atoms with van der Waals surface area (Å²) in [7, 11) is -4.01. The molecular weight excluding hydrogens is 308 g/mol. The van der Waals surface area contributed by atoms with Gasteiger partial charge in [-0.1, -0.05) is 0 Å². The number of alkyl halides is 2. The molecular formula is C12H15F2NO5S. The van der Waals surface area contributed by atoms with Crippen LogP contribution in [0, 0.1) is 0 Å². The second-order valence-electron chi connectivity index (χ2n) is 4.41. The zero-order valence-electron chi connectivity index (χ0n) is 11.0. The summed E-state index contributed by atoms with van der Waals surface area (Å²) in [5, 5.41) is 8.94. The lowest BCUT2D eigenvalue weighted by atomic mass is 10.3. The van der Waals surface area contributed by atoms with Gasteiger partial charge in [-0.05, 0) is 12.1 Å². The number of sulfonamides is 1. The standard InChI is InChI=1S/C12H15F2NO5S/c13-12(14)9(16)7-15-21(17,18)8-2-3-10-11(6-8)20-5-1-4-19-10/h2-3,6,9,12,15-16H,1,4-5,7H2. The third-order valence-electron chi connectivity index (χ3n) is 2.80. The fourth-order valence-electron chi connectivity index (χ4n) is 1.68. The number of halogens is 2. The normalized spacial score (nSPS) is 16.6. The van der Waals surface area contributed by atoms with Crippen molar-refractivity contribution < 1.29 is 31.8 Å². The number of fused-ring (bicyclic) bond motifs is 1. The summed E-state index contributed by atoms with van der Waals surface area (Å²) in [6.07, 6.45) is -4.40. The van der Waals surface area contributed by atoms with Gasteiger partial charge < -0.3 is 14.6 Å². The predicted molar refractivity (Wildman–Crippen MR) is 69.2 cm³/mol. The molecule has 0 spiro atoms. The molecule has 1 heterocycles. The van der Waals surface area contributed by atoms with E-state index in [2.05, 4.69) is 0 Å². The molecule has 2 rings (SSSR count). The summed E-state index contributed by atoms with van der Waals surface area (Å²) < 4.78 is 60.9. The minimum Gasteiger partial charge on any atom is -0.490 e. The number of ether oxygens (including phenoxy) is 2. The van der Waals surface area contributed by atoms with Crippen molar-refractivity contribution >= 4 is 10.0 Å². The minimum absolute atomic E-state index is 0.145. The summed E-state index contributed by atoms with van der Waals surface area (Å²) in [4.78, 5) is -0.145. The van der Waals surface area contributed by atoms with Crippen molar-refractivity contribution in [2.45, 2.75) is 23.8 Å². The fourth-order valence-corrected chi connectivity index (χ4v) is 2.74. The zero-order chi connectivity index (χ0) is 15.5. The lowest BCUT2D eigenvalue weighted by Gasteiger charge is -2.13. The Balaban J connectivity index is 2.15. The number of nitrogens with one attached hydrogen (secondary N) is 1. The lowest BCUT2D eigenvalue weighted by molar-refractivity contribution is -0.000452. The summed E-state index contributed by atoms with van der Waals surface area (Å²) in [6, 6.07) is 3.99. The molecule has 2 N–H and O–H groups in total. The van der Waals surface area contributed by atoms with Crippen LogP contribution < -0.4 is 14.2 Å². The lowest BCUT2D eigenvalue weighted by Crippen LogP contribution is -2.35. The van der Waals surface area contributed by atoms with E-state index in [-0.39, 0.29) is 10.6 Å². The van der Waals surface area contributed by atoms with E-state index >= 15 is 0 Å². The minimum atomic E-state index is -4.01. The Morgan fingerprint density at radius 2 is 1.90 bits per heavy atom. The number of aliphatic hydroxyl groups excluding tert-OH is 1. The molecule has 1 aromatic rings. The van der Waals surface area contributed by atoms with Gasteiger partial charge in [0.05, 0.1) is 18.1 Å². The van der Waals surface area contributed by atoms with Crippen LogP contribution in [-0.2, 0) is 10.0 Å². The van der Waals surface area contributed by atoms with Crippen LogP contribution in [0.4, 0.5) is 8.78 Å². The smallest absolute Gasteiger partial charge is 0.265 e. The maximum atomic E-state index is 12.2. The number of hydrogen-bond donors (Lipinski definition) is 2. The van der Waals surface area contributed by atoms with Gasteiger partial charge in [0, 0.05) is 19.0 Å². The van der Waals surface area contributed by atoms with Crippen molar-refractivity contribution in [3.8, 4) is 11.5 Å². The first-order chi connectivity index (χ1) is 9.90. The van der Waals surface area contributed by atoms with Crippen LogP contribution >= 0.6 is 0 Å². The molecule has 1 aliphatic heterocycles. The van der Waals surface area contributed by atoms with Crippen LogP contribution in [0.1, 0.15) is 6.42 Å². The van der Waals surface area contributed by atoms with Gasteiger partial charge in [-0.2, -0.15) is 0 Å². The molecule has 0 bridgehead atoms. The van der Waals surface area contributed by atoms with Crippen molar-refractivity contribution in [2.24, 2.45) is 0 Å². The van der Waals surface area contributed by atoms with Crippen molar-refractivity contribution in [1.82, 2.24) is 4.72 Å². The van der Waals surface area contributed by atoms with Crippen LogP contribution in [0.3, 0.4) is 0 Å². The highest BCUT2D eigenvalue weighted by atomic mass is 32.2. The number of aliphatic hydroxyl groups is 1. The molecule has 0 saturated carbocycles. The van der Waals surface area contributed by atoms with Crippen molar-refractivity contribution in [3.63, 3.8) is 0 Å². The second-order valence-corrected chi connectivity index (χ2v) is 6.18. The van der Waals surface area contributed by atoms with Crippen molar-refractivity contribution in [2.75, 3.05) is 19.8 Å². The summed E-state index contributed by atoms with van der Waals surface area (Å²) in [5.74, 6) is 0.712. The monoisotopic (exact) mass is 323 g/mol. The summed E-state index contributed by atoms with van der Waals surface area (Å²) in [5.41, 5.74) is 0. The van der Waals surface area contributed by atoms with Gasteiger partial charge in [0.1, 0.15) is 6.10 Å². The van der Waals surface area contributed by atoms with Gasteiger partial charge in [-0.3, -0.25) is 0 Å². The summed E-state index contributed by atoms with van der Waals surface area (Å²) in [6.45, 7) is 0.0976. The van der Waals surface area contributed by atoms with E-state index in [0.717, 1.165) is 0 Å². The Hall–Kier alpha value is -1.45. The first-order valence-electron chi connectivity index (χ1n) is 6.25. The zero-order valence-corrected chi connectivity index (χ0v) is 11.8. The molecule has 1 unspecified atom stereocenters. The second kappa shape index (κ2) is 6.54. The molecule has 1 aliphatic rings.